The summed E-state index contributed by atoms with van der Waals surface area (Å²) in [6.45, 7) is 3.60. The molecule has 2 heterocycles. The minimum atomic E-state index is -0.661. The van der Waals surface area contributed by atoms with Crippen molar-refractivity contribution >= 4 is 21.9 Å². The quantitative estimate of drug-likeness (QED) is 0.728. The largest absolute Gasteiger partial charge is 0.468 e. The Morgan fingerprint density at radius 1 is 1.43 bits per heavy atom. The summed E-state index contributed by atoms with van der Waals surface area (Å²) in [5.74, 6) is -0.209. The average Bonchev–Trinajstić information content (AvgIpc) is 2.51. The van der Waals surface area contributed by atoms with Crippen LogP contribution >= 0.6 is 15.9 Å². The maximum atomic E-state index is 11.5. The molecule has 0 fully saturated rings. The highest BCUT2D eigenvalue weighted by atomic mass is 79.9. The van der Waals surface area contributed by atoms with E-state index in [0.29, 0.717) is 15.8 Å². The van der Waals surface area contributed by atoms with Gasteiger partial charge in [-0.2, -0.15) is 0 Å². The number of halogens is 1. The van der Waals surface area contributed by atoms with Crippen molar-refractivity contribution in [2.24, 2.45) is 0 Å². The van der Waals surface area contributed by atoms with Crippen LogP contribution in [-0.2, 0) is 10.3 Å². The third-order valence-corrected chi connectivity index (χ3v) is 2.73. The lowest BCUT2D eigenvalue weighted by Gasteiger charge is -2.16. The van der Waals surface area contributed by atoms with Gasteiger partial charge in [-0.15, -0.1) is 0 Å². The minimum absolute atomic E-state index is 0.197. The summed E-state index contributed by atoms with van der Waals surface area (Å²) in [5.41, 5.74) is 0.426. The number of carbonyl (C=O) groups is 1. The van der Waals surface area contributed by atoms with Crippen LogP contribution in [0.25, 0.3) is 0 Å². The third-order valence-electron chi connectivity index (χ3n) is 2.17. The summed E-state index contributed by atoms with van der Waals surface area (Å²) in [6, 6.07) is 0. The van der Waals surface area contributed by atoms with Crippen LogP contribution in [0.15, 0.2) is 9.09 Å². The van der Waals surface area contributed by atoms with Crippen molar-refractivity contribution in [2.45, 2.75) is 19.4 Å². The topological polar surface area (TPSA) is 48.7 Å². The second-order valence-electron chi connectivity index (χ2n) is 3.52. The molecule has 0 saturated carbocycles. The van der Waals surface area contributed by atoms with Gasteiger partial charge in [-0.05, 0) is 29.8 Å². The Balaban J connectivity index is 2.70. The van der Waals surface area contributed by atoms with Gasteiger partial charge in [0.15, 0.2) is 10.2 Å². The Morgan fingerprint density at radius 2 is 2.07 bits per heavy atom. The molecule has 0 aliphatic carbocycles. The van der Waals surface area contributed by atoms with Crippen LogP contribution in [0.5, 0.6) is 5.95 Å². The van der Waals surface area contributed by atoms with Crippen molar-refractivity contribution in [1.29, 1.82) is 0 Å². The molecule has 0 saturated heterocycles. The Labute approximate surface area is 89.3 Å². The normalized spacial score (nSPS) is 17.9. The molecule has 1 aromatic rings. The highest BCUT2D eigenvalue weighted by Crippen LogP contribution is 2.46. The average molecular weight is 261 g/mol. The maximum absolute atomic E-state index is 11.5. The molecule has 0 N–H and O–H groups in total. The van der Waals surface area contributed by atoms with Gasteiger partial charge in [0.25, 0.3) is 0 Å². The smallest absolute Gasteiger partial charge is 0.346 e. The number of methoxy groups -OCH3 is 1. The molecule has 0 spiro atoms. The van der Waals surface area contributed by atoms with Crippen LogP contribution in [0.2, 0.25) is 0 Å². The number of hydrogen-bond donors (Lipinski definition) is 0. The maximum Gasteiger partial charge on any atom is 0.346 e. The Kier molecular flexibility index (Phi) is 1.89. The molecule has 1 aliphatic heterocycles. The molecule has 4 nitrogen and oxygen atoms in total. The first kappa shape index (κ1) is 9.58. The molecule has 5 heteroatoms. The molecule has 2 rings (SSSR count). The highest BCUT2D eigenvalue weighted by Gasteiger charge is 2.45. The number of ether oxygens (including phenoxy) is 2. The van der Waals surface area contributed by atoms with Gasteiger partial charge in [-0.25, -0.2) is 4.79 Å². The molecule has 0 radical (unpaired) electrons. The summed E-state index contributed by atoms with van der Waals surface area (Å²) in [6.07, 6.45) is 0. The number of furan rings is 1. The van der Waals surface area contributed by atoms with Crippen LogP contribution in [0.3, 0.4) is 0 Å². The fraction of sp³-hybridized carbons (Fsp3) is 0.444. The summed E-state index contributed by atoms with van der Waals surface area (Å²) in [5, 5.41) is 0. The molecule has 0 atom stereocenters. The van der Waals surface area contributed by atoms with Crippen molar-refractivity contribution in [3.63, 3.8) is 0 Å². The molecule has 0 unspecified atom stereocenters. The molecule has 0 amide bonds. The van der Waals surface area contributed by atoms with E-state index in [2.05, 4.69) is 15.9 Å². The number of fused-ring (bicyclic) bond motifs is 1. The minimum Gasteiger partial charge on any atom is -0.468 e. The highest BCUT2D eigenvalue weighted by molar-refractivity contribution is 9.10. The fourth-order valence-electron chi connectivity index (χ4n) is 1.58. The predicted octanol–water partition coefficient (Wildman–Crippen LogP) is 2.46. The lowest BCUT2D eigenvalue weighted by molar-refractivity contribution is 0.00774. The van der Waals surface area contributed by atoms with Gasteiger partial charge in [0.05, 0.1) is 12.7 Å². The van der Waals surface area contributed by atoms with Crippen molar-refractivity contribution < 1.29 is 18.7 Å². The van der Waals surface area contributed by atoms with Gasteiger partial charge >= 0.3 is 11.9 Å². The first-order valence-corrected chi connectivity index (χ1v) is 4.86. The zero-order chi connectivity index (χ0) is 10.5. The first-order valence-electron chi connectivity index (χ1n) is 4.07. The first-order chi connectivity index (χ1) is 6.47. The Hall–Kier alpha value is -0.970. The molecule has 1 aliphatic rings. The molecule has 0 bridgehead atoms. The van der Waals surface area contributed by atoms with E-state index in [4.69, 9.17) is 13.9 Å². The van der Waals surface area contributed by atoms with Gasteiger partial charge in [0.1, 0.15) is 5.60 Å². The van der Waals surface area contributed by atoms with Gasteiger partial charge in [0, 0.05) is 0 Å². The zero-order valence-electron chi connectivity index (χ0n) is 8.01. The second-order valence-corrected chi connectivity index (χ2v) is 4.24. The molecule has 76 valence electrons. The number of rotatable bonds is 1. The van der Waals surface area contributed by atoms with Gasteiger partial charge in [-0.3, -0.25) is 0 Å². The zero-order valence-corrected chi connectivity index (χ0v) is 9.60. The van der Waals surface area contributed by atoms with Crippen LogP contribution in [0.4, 0.5) is 0 Å². The van der Waals surface area contributed by atoms with Crippen LogP contribution < -0.4 is 4.74 Å². The number of carbonyl (C=O) groups excluding carboxylic acids is 1. The number of hydrogen-bond acceptors (Lipinski definition) is 4. The SMILES string of the molecule is COc1oc(Br)c2c1C(=O)OC2(C)C. The lowest BCUT2D eigenvalue weighted by atomic mass is 10.0. The summed E-state index contributed by atoms with van der Waals surface area (Å²) < 4.78 is 15.8. The van der Waals surface area contributed by atoms with Gasteiger partial charge in [-0.1, -0.05) is 0 Å². The van der Waals surface area contributed by atoms with E-state index in [1.165, 1.54) is 7.11 Å². The molecular formula is C9H9BrO4. The third kappa shape index (κ3) is 1.08. The van der Waals surface area contributed by atoms with E-state index in [1.54, 1.807) is 13.8 Å². The van der Waals surface area contributed by atoms with Crippen LogP contribution in [0.1, 0.15) is 29.8 Å². The van der Waals surface area contributed by atoms with Crippen LogP contribution in [0, 0.1) is 0 Å². The van der Waals surface area contributed by atoms with E-state index in [-0.39, 0.29) is 5.95 Å². The monoisotopic (exact) mass is 260 g/mol. The van der Waals surface area contributed by atoms with Crippen molar-refractivity contribution in [3.8, 4) is 5.95 Å². The van der Waals surface area contributed by atoms with E-state index in [0.717, 1.165) is 0 Å². The summed E-state index contributed by atoms with van der Waals surface area (Å²) in [7, 11) is 1.45. The predicted molar refractivity (Wildman–Crippen MR) is 51.4 cm³/mol. The summed E-state index contributed by atoms with van der Waals surface area (Å²) >= 11 is 3.23. The standard InChI is InChI=1S/C9H9BrO4/c1-9(2)5-4(7(11)14-9)8(12-3)13-6(5)10/h1-3H3. The van der Waals surface area contributed by atoms with E-state index >= 15 is 0 Å². The molecule has 1 aromatic heterocycles. The Bertz CT molecular complexity index is 405. The van der Waals surface area contributed by atoms with Crippen molar-refractivity contribution in [2.75, 3.05) is 7.11 Å². The van der Waals surface area contributed by atoms with Crippen molar-refractivity contribution in [1.82, 2.24) is 0 Å². The van der Waals surface area contributed by atoms with E-state index < -0.39 is 11.6 Å². The molecule has 0 aromatic carbocycles. The molecule has 14 heavy (non-hydrogen) atoms. The van der Waals surface area contributed by atoms with Crippen molar-refractivity contribution in [3.05, 3.63) is 15.8 Å². The number of cyclic esters (lactones) is 1. The lowest BCUT2D eigenvalue weighted by Crippen LogP contribution is -2.16. The van der Waals surface area contributed by atoms with Gasteiger partial charge in [0.2, 0.25) is 0 Å². The second kappa shape index (κ2) is 2.76. The molecular weight excluding hydrogens is 252 g/mol. The Morgan fingerprint density at radius 3 is 2.64 bits per heavy atom. The van der Waals surface area contributed by atoms with E-state index in [9.17, 15) is 4.79 Å². The fourth-order valence-corrected chi connectivity index (χ4v) is 2.41. The van der Waals surface area contributed by atoms with Crippen LogP contribution in [-0.4, -0.2) is 13.1 Å². The summed E-state index contributed by atoms with van der Waals surface area (Å²) in [4.78, 5) is 11.5. The van der Waals surface area contributed by atoms with E-state index in [1.807, 2.05) is 0 Å². The van der Waals surface area contributed by atoms with Gasteiger partial charge < -0.3 is 13.9 Å². The number of esters is 1.